The molecule has 0 aliphatic rings. The smallest absolute Gasteiger partial charge is 0.249 e. The van der Waals surface area contributed by atoms with Gasteiger partial charge in [0.2, 0.25) is 5.91 Å². The van der Waals surface area contributed by atoms with E-state index in [9.17, 15) is 4.79 Å². The number of allylic oxidation sites excluding steroid dienone is 1. The van der Waals surface area contributed by atoms with E-state index >= 15 is 0 Å². The lowest BCUT2D eigenvalue weighted by molar-refractivity contribution is 0.1000. The molecule has 0 radical (unpaired) electrons. The van der Waals surface area contributed by atoms with Gasteiger partial charge in [-0.3, -0.25) is 9.48 Å². The van der Waals surface area contributed by atoms with Crippen molar-refractivity contribution in [2.45, 2.75) is 6.92 Å². The molecule has 2 aromatic heterocycles. The Labute approximate surface area is 156 Å². The molecule has 0 fully saturated rings. The molecule has 2 aromatic carbocycles. The Bertz CT molecular complexity index is 1200. The number of primary amides is 1. The van der Waals surface area contributed by atoms with Gasteiger partial charge < -0.3 is 5.73 Å². The third-order valence-electron chi connectivity index (χ3n) is 4.57. The van der Waals surface area contributed by atoms with Gasteiger partial charge in [0.1, 0.15) is 5.69 Å². The number of nitrogens with zero attached hydrogens (tertiary/aromatic N) is 4. The summed E-state index contributed by atoms with van der Waals surface area (Å²) in [6.07, 6.45) is 5.50. The van der Waals surface area contributed by atoms with Crippen molar-refractivity contribution >= 4 is 22.4 Å². The Hall–Kier alpha value is -3.67. The number of fused-ring (bicyclic) bond motifs is 1. The summed E-state index contributed by atoms with van der Waals surface area (Å²) >= 11 is 0. The summed E-state index contributed by atoms with van der Waals surface area (Å²) in [6, 6.07) is 11.6. The van der Waals surface area contributed by atoms with Gasteiger partial charge in [-0.2, -0.15) is 10.2 Å². The van der Waals surface area contributed by atoms with Gasteiger partial charge in [-0.1, -0.05) is 30.8 Å². The lowest BCUT2D eigenvalue weighted by Crippen LogP contribution is -2.13. The number of nitrogens with two attached hydrogens (primary N) is 1. The molecule has 2 heterocycles. The van der Waals surface area contributed by atoms with Crippen LogP contribution in [0.15, 0.2) is 61.6 Å². The van der Waals surface area contributed by atoms with Gasteiger partial charge in [-0.05, 0) is 41.3 Å². The van der Waals surface area contributed by atoms with Crippen molar-refractivity contribution in [1.82, 2.24) is 19.6 Å². The first-order valence-corrected chi connectivity index (χ1v) is 8.51. The second kappa shape index (κ2) is 6.25. The number of aromatic nitrogens is 4. The molecule has 0 unspecified atom stereocenters. The van der Waals surface area contributed by atoms with E-state index in [1.54, 1.807) is 16.9 Å². The van der Waals surface area contributed by atoms with E-state index in [-0.39, 0.29) is 0 Å². The molecule has 0 bridgehead atoms. The quantitative estimate of drug-likeness (QED) is 0.606. The fraction of sp³-hybridized carbons (Fsp3) is 0.0952. The molecule has 6 heteroatoms. The van der Waals surface area contributed by atoms with E-state index in [1.807, 2.05) is 55.3 Å². The number of hydrogen-bond acceptors (Lipinski definition) is 3. The zero-order valence-corrected chi connectivity index (χ0v) is 15.2. The Kier molecular flexibility index (Phi) is 3.88. The van der Waals surface area contributed by atoms with Crippen LogP contribution in [-0.2, 0) is 7.05 Å². The summed E-state index contributed by atoms with van der Waals surface area (Å²) in [5, 5.41) is 9.73. The number of rotatable bonds is 4. The van der Waals surface area contributed by atoms with Crippen LogP contribution in [0, 0.1) is 0 Å². The maximum Gasteiger partial charge on any atom is 0.249 e. The van der Waals surface area contributed by atoms with Crippen molar-refractivity contribution in [1.29, 1.82) is 0 Å². The Balaban J connectivity index is 1.94. The molecule has 0 saturated carbocycles. The second-order valence-electron chi connectivity index (χ2n) is 6.57. The maximum absolute atomic E-state index is 11.9. The van der Waals surface area contributed by atoms with Crippen molar-refractivity contribution < 1.29 is 4.79 Å². The van der Waals surface area contributed by atoms with Crippen LogP contribution in [0.4, 0.5) is 0 Å². The molecule has 134 valence electrons. The number of aryl methyl sites for hydroxylation is 1. The molecule has 0 spiro atoms. The van der Waals surface area contributed by atoms with Gasteiger partial charge >= 0.3 is 0 Å². The SMILES string of the molecule is C=C(C)c1c(C(N)=O)cccc1-c1ccc2cnn(-c3cnn(C)c3)c2c1. The fourth-order valence-corrected chi connectivity index (χ4v) is 3.37. The van der Waals surface area contributed by atoms with E-state index in [0.717, 1.165) is 38.9 Å². The largest absolute Gasteiger partial charge is 0.366 e. The van der Waals surface area contributed by atoms with Crippen molar-refractivity contribution in [3.63, 3.8) is 0 Å². The van der Waals surface area contributed by atoms with Crippen molar-refractivity contribution in [2.24, 2.45) is 12.8 Å². The van der Waals surface area contributed by atoms with Crippen LogP contribution in [0.1, 0.15) is 22.8 Å². The average Bonchev–Trinajstić information content (AvgIpc) is 3.26. The van der Waals surface area contributed by atoms with Gasteiger partial charge in [0.15, 0.2) is 0 Å². The van der Waals surface area contributed by atoms with Crippen molar-refractivity contribution in [2.75, 3.05) is 0 Å². The third-order valence-corrected chi connectivity index (χ3v) is 4.57. The highest BCUT2D eigenvalue weighted by atomic mass is 16.1. The summed E-state index contributed by atoms with van der Waals surface area (Å²) in [7, 11) is 1.87. The predicted molar refractivity (Wildman–Crippen MR) is 106 cm³/mol. The Morgan fingerprint density at radius 3 is 2.63 bits per heavy atom. The van der Waals surface area contributed by atoms with Crippen molar-refractivity contribution in [3.05, 3.63) is 72.7 Å². The first-order chi connectivity index (χ1) is 13.0. The molecule has 2 N–H and O–H groups in total. The highest BCUT2D eigenvalue weighted by Crippen LogP contribution is 2.33. The summed E-state index contributed by atoms with van der Waals surface area (Å²) in [6.45, 7) is 5.92. The van der Waals surface area contributed by atoms with Gasteiger partial charge in [0, 0.05) is 18.0 Å². The van der Waals surface area contributed by atoms with Crippen LogP contribution in [-0.4, -0.2) is 25.5 Å². The van der Waals surface area contributed by atoms with E-state index in [2.05, 4.69) is 22.8 Å². The summed E-state index contributed by atoms with van der Waals surface area (Å²) in [4.78, 5) is 11.9. The molecule has 4 rings (SSSR count). The lowest BCUT2D eigenvalue weighted by Gasteiger charge is -2.14. The molecule has 0 aliphatic carbocycles. The molecule has 6 nitrogen and oxygen atoms in total. The Morgan fingerprint density at radius 2 is 1.96 bits per heavy atom. The number of benzene rings is 2. The molecule has 0 aliphatic heterocycles. The van der Waals surface area contributed by atoms with E-state index < -0.39 is 5.91 Å². The highest BCUT2D eigenvalue weighted by molar-refractivity contribution is 6.01. The number of hydrogen-bond donors (Lipinski definition) is 1. The number of amides is 1. The van der Waals surface area contributed by atoms with Gasteiger partial charge in [-0.15, -0.1) is 0 Å². The van der Waals surface area contributed by atoms with Crippen LogP contribution in [0.25, 0.3) is 33.3 Å². The minimum absolute atomic E-state index is 0.462. The van der Waals surface area contributed by atoms with Gasteiger partial charge in [-0.25, -0.2) is 4.68 Å². The molecule has 0 atom stereocenters. The van der Waals surface area contributed by atoms with Crippen LogP contribution < -0.4 is 5.73 Å². The average molecular weight is 357 g/mol. The predicted octanol–water partition coefficient (Wildman–Crippen LogP) is 3.56. The number of carbonyl (C=O) groups is 1. The zero-order valence-electron chi connectivity index (χ0n) is 15.2. The third kappa shape index (κ3) is 2.81. The van der Waals surface area contributed by atoms with Gasteiger partial charge in [0.05, 0.1) is 24.1 Å². The summed E-state index contributed by atoms with van der Waals surface area (Å²) in [5.41, 5.74) is 11.3. The summed E-state index contributed by atoms with van der Waals surface area (Å²) in [5.74, 6) is -0.462. The topological polar surface area (TPSA) is 78.7 Å². The minimum atomic E-state index is -0.462. The first-order valence-electron chi connectivity index (χ1n) is 8.51. The van der Waals surface area contributed by atoms with Crippen LogP contribution in [0.5, 0.6) is 0 Å². The highest BCUT2D eigenvalue weighted by Gasteiger charge is 2.16. The fourth-order valence-electron chi connectivity index (χ4n) is 3.37. The minimum Gasteiger partial charge on any atom is -0.366 e. The van der Waals surface area contributed by atoms with Crippen LogP contribution >= 0.6 is 0 Å². The summed E-state index contributed by atoms with van der Waals surface area (Å²) < 4.78 is 3.59. The lowest BCUT2D eigenvalue weighted by atomic mass is 9.91. The second-order valence-corrected chi connectivity index (χ2v) is 6.57. The van der Waals surface area contributed by atoms with Gasteiger partial charge in [0.25, 0.3) is 0 Å². The standard InChI is InChI=1S/C21H19N5O/c1-13(2)20-17(5-4-6-18(20)21(22)27)14-7-8-15-10-24-26(19(15)9-14)16-11-23-25(3)12-16/h4-12H,1H2,2-3H3,(H2,22,27). The van der Waals surface area contributed by atoms with E-state index in [0.29, 0.717) is 5.56 Å². The Morgan fingerprint density at radius 1 is 1.15 bits per heavy atom. The van der Waals surface area contributed by atoms with Crippen LogP contribution in [0.3, 0.4) is 0 Å². The molecule has 0 saturated heterocycles. The van der Waals surface area contributed by atoms with E-state index in [1.165, 1.54) is 0 Å². The molecule has 1 amide bonds. The first kappa shape index (κ1) is 16.8. The van der Waals surface area contributed by atoms with E-state index in [4.69, 9.17) is 5.73 Å². The molecule has 27 heavy (non-hydrogen) atoms. The molecule has 4 aromatic rings. The number of carbonyl (C=O) groups excluding carboxylic acids is 1. The van der Waals surface area contributed by atoms with Crippen LogP contribution in [0.2, 0.25) is 0 Å². The monoisotopic (exact) mass is 357 g/mol. The van der Waals surface area contributed by atoms with Crippen molar-refractivity contribution in [3.8, 4) is 16.8 Å². The molecular weight excluding hydrogens is 338 g/mol. The molecular formula is C21H19N5O. The maximum atomic E-state index is 11.9. The zero-order chi connectivity index (χ0) is 19.1. The normalized spacial score (nSPS) is 11.0.